The average Bonchev–Trinajstić information content (AvgIpc) is 3.23. The SMILES string of the molecule is COc1cccc(-c2nc(Cc3c[nH]c4ccccc34)no2)c1. The van der Waals surface area contributed by atoms with Gasteiger partial charge in [0.15, 0.2) is 5.82 Å². The smallest absolute Gasteiger partial charge is 0.258 e. The predicted molar refractivity (Wildman–Crippen MR) is 87.4 cm³/mol. The number of H-pyrrole nitrogens is 1. The zero-order valence-electron chi connectivity index (χ0n) is 12.6. The summed E-state index contributed by atoms with van der Waals surface area (Å²) in [5.74, 6) is 1.92. The minimum absolute atomic E-state index is 0.499. The van der Waals surface area contributed by atoms with E-state index in [1.807, 2.05) is 42.6 Å². The quantitative estimate of drug-likeness (QED) is 0.622. The monoisotopic (exact) mass is 305 g/mol. The Morgan fingerprint density at radius 3 is 2.96 bits per heavy atom. The summed E-state index contributed by atoms with van der Waals surface area (Å²) in [6.07, 6.45) is 2.61. The van der Waals surface area contributed by atoms with Gasteiger partial charge in [0.1, 0.15) is 5.75 Å². The molecule has 5 heteroatoms. The normalized spacial score (nSPS) is 11.0. The second-order valence-electron chi connectivity index (χ2n) is 5.28. The van der Waals surface area contributed by atoms with Gasteiger partial charge in [-0.2, -0.15) is 4.98 Å². The van der Waals surface area contributed by atoms with Gasteiger partial charge >= 0.3 is 0 Å². The first-order valence-corrected chi connectivity index (χ1v) is 7.35. The number of hydrogen-bond donors (Lipinski definition) is 1. The van der Waals surface area contributed by atoms with Crippen molar-refractivity contribution in [1.82, 2.24) is 15.1 Å². The maximum atomic E-state index is 5.38. The Balaban J connectivity index is 1.63. The van der Waals surface area contributed by atoms with E-state index < -0.39 is 0 Å². The highest BCUT2D eigenvalue weighted by Gasteiger charge is 2.12. The number of para-hydroxylation sites is 1. The van der Waals surface area contributed by atoms with Crippen LogP contribution in [0.1, 0.15) is 11.4 Å². The fourth-order valence-electron chi connectivity index (χ4n) is 2.65. The molecule has 0 unspecified atom stereocenters. The minimum atomic E-state index is 0.499. The van der Waals surface area contributed by atoms with E-state index in [4.69, 9.17) is 9.26 Å². The summed E-state index contributed by atoms with van der Waals surface area (Å²) < 4.78 is 10.6. The summed E-state index contributed by atoms with van der Waals surface area (Å²) in [5.41, 5.74) is 3.11. The number of rotatable bonds is 4. The molecule has 0 bridgehead atoms. The average molecular weight is 305 g/mol. The van der Waals surface area contributed by atoms with Gasteiger partial charge in [-0.3, -0.25) is 0 Å². The highest BCUT2D eigenvalue weighted by atomic mass is 16.5. The summed E-state index contributed by atoms with van der Waals surface area (Å²) in [4.78, 5) is 7.75. The molecule has 0 spiro atoms. The molecule has 114 valence electrons. The third-order valence-electron chi connectivity index (χ3n) is 3.81. The molecule has 0 saturated heterocycles. The second kappa shape index (κ2) is 5.61. The zero-order valence-corrected chi connectivity index (χ0v) is 12.6. The Labute approximate surface area is 132 Å². The summed E-state index contributed by atoms with van der Waals surface area (Å²) >= 11 is 0. The van der Waals surface area contributed by atoms with Crippen LogP contribution in [0.3, 0.4) is 0 Å². The van der Waals surface area contributed by atoms with E-state index in [-0.39, 0.29) is 0 Å². The van der Waals surface area contributed by atoms with E-state index in [1.54, 1.807) is 7.11 Å². The topological polar surface area (TPSA) is 63.9 Å². The largest absolute Gasteiger partial charge is 0.497 e. The molecule has 5 nitrogen and oxygen atoms in total. The van der Waals surface area contributed by atoms with Crippen LogP contribution in [-0.2, 0) is 6.42 Å². The summed E-state index contributed by atoms with van der Waals surface area (Å²) in [6, 6.07) is 15.8. The highest BCUT2D eigenvalue weighted by Crippen LogP contribution is 2.24. The molecule has 0 aliphatic rings. The maximum absolute atomic E-state index is 5.38. The first-order valence-electron chi connectivity index (χ1n) is 7.35. The third kappa shape index (κ3) is 2.57. The van der Waals surface area contributed by atoms with Gasteiger partial charge in [0.2, 0.25) is 0 Å². The first-order chi connectivity index (χ1) is 11.3. The van der Waals surface area contributed by atoms with Gasteiger partial charge in [-0.15, -0.1) is 0 Å². The molecule has 4 rings (SSSR count). The van der Waals surface area contributed by atoms with Crippen molar-refractivity contribution in [3.63, 3.8) is 0 Å². The van der Waals surface area contributed by atoms with Crippen molar-refractivity contribution in [2.24, 2.45) is 0 Å². The van der Waals surface area contributed by atoms with Crippen molar-refractivity contribution in [2.75, 3.05) is 7.11 Å². The van der Waals surface area contributed by atoms with E-state index in [2.05, 4.69) is 27.3 Å². The summed E-state index contributed by atoms with van der Waals surface area (Å²) in [6.45, 7) is 0. The molecule has 0 saturated carbocycles. The molecule has 23 heavy (non-hydrogen) atoms. The van der Waals surface area contributed by atoms with Crippen LogP contribution in [0.15, 0.2) is 59.3 Å². The standard InChI is InChI=1S/C18H15N3O2/c1-22-14-6-4-5-12(9-14)18-20-17(21-23-18)10-13-11-19-16-8-3-2-7-15(13)16/h2-9,11,19H,10H2,1H3. The van der Waals surface area contributed by atoms with Gasteiger partial charge in [-0.1, -0.05) is 29.4 Å². The number of nitrogens with one attached hydrogen (secondary N) is 1. The zero-order chi connectivity index (χ0) is 15.6. The van der Waals surface area contributed by atoms with E-state index in [0.29, 0.717) is 18.1 Å². The Bertz CT molecular complexity index is 955. The summed E-state index contributed by atoms with van der Waals surface area (Å²) in [7, 11) is 1.63. The van der Waals surface area contributed by atoms with Crippen LogP contribution >= 0.6 is 0 Å². The molecular weight excluding hydrogens is 290 g/mol. The molecule has 0 aliphatic carbocycles. The number of hydrogen-bond acceptors (Lipinski definition) is 4. The predicted octanol–water partition coefficient (Wildman–Crippen LogP) is 3.82. The van der Waals surface area contributed by atoms with Crippen molar-refractivity contribution in [3.05, 3.63) is 66.1 Å². The third-order valence-corrected chi connectivity index (χ3v) is 3.81. The van der Waals surface area contributed by atoms with Crippen molar-refractivity contribution in [2.45, 2.75) is 6.42 Å². The number of ether oxygens (including phenoxy) is 1. The van der Waals surface area contributed by atoms with Crippen LogP contribution in [0.25, 0.3) is 22.4 Å². The van der Waals surface area contributed by atoms with Gasteiger partial charge in [-0.05, 0) is 29.8 Å². The van der Waals surface area contributed by atoms with Gasteiger partial charge < -0.3 is 14.2 Å². The molecule has 0 aliphatic heterocycles. The highest BCUT2D eigenvalue weighted by molar-refractivity contribution is 5.83. The molecule has 1 N–H and O–H groups in total. The fourth-order valence-corrected chi connectivity index (χ4v) is 2.65. The van der Waals surface area contributed by atoms with Crippen LogP contribution in [0.4, 0.5) is 0 Å². The van der Waals surface area contributed by atoms with Crippen LogP contribution in [0.5, 0.6) is 5.75 Å². The van der Waals surface area contributed by atoms with E-state index in [1.165, 1.54) is 5.39 Å². The van der Waals surface area contributed by atoms with Crippen LogP contribution in [-0.4, -0.2) is 22.2 Å². The number of aromatic amines is 1. The molecule has 2 aromatic carbocycles. The van der Waals surface area contributed by atoms with Crippen molar-refractivity contribution >= 4 is 10.9 Å². The van der Waals surface area contributed by atoms with E-state index in [9.17, 15) is 0 Å². The molecule has 2 aromatic heterocycles. The Morgan fingerprint density at radius 2 is 2.04 bits per heavy atom. The number of aromatic nitrogens is 3. The van der Waals surface area contributed by atoms with Crippen LogP contribution < -0.4 is 4.74 Å². The fraction of sp³-hybridized carbons (Fsp3) is 0.111. The van der Waals surface area contributed by atoms with E-state index >= 15 is 0 Å². The van der Waals surface area contributed by atoms with E-state index in [0.717, 1.165) is 22.4 Å². The molecule has 4 aromatic rings. The lowest BCUT2D eigenvalue weighted by Crippen LogP contribution is -1.89. The summed E-state index contributed by atoms with van der Waals surface area (Å²) in [5, 5.41) is 5.27. The minimum Gasteiger partial charge on any atom is -0.497 e. The molecular formula is C18H15N3O2. The van der Waals surface area contributed by atoms with Gasteiger partial charge in [-0.25, -0.2) is 0 Å². The lowest BCUT2D eigenvalue weighted by atomic mass is 10.1. The van der Waals surface area contributed by atoms with Crippen molar-refractivity contribution in [3.8, 4) is 17.2 Å². The first kappa shape index (κ1) is 13.6. The number of nitrogens with zero attached hydrogens (tertiary/aromatic N) is 2. The molecule has 0 radical (unpaired) electrons. The van der Waals surface area contributed by atoms with Crippen molar-refractivity contribution in [1.29, 1.82) is 0 Å². The maximum Gasteiger partial charge on any atom is 0.258 e. The number of benzene rings is 2. The Hall–Kier alpha value is -3.08. The molecule has 0 atom stereocenters. The van der Waals surface area contributed by atoms with Gasteiger partial charge in [0.25, 0.3) is 5.89 Å². The van der Waals surface area contributed by atoms with Crippen LogP contribution in [0, 0.1) is 0 Å². The van der Waals surface area contributed by atoms with Gasteiger partial charge in [0, 0.05) is 29.1 Å². The molecule has 0 amide bonds. The number of methoxy groups -OCH3 is 1. The number of fused-ring (bicyclic) bond motifs is 1. The molecule has 2 heterocycles. The molecule has 0 fully saturated rings. The lowest BCUT2D eigenvalue weighted by Gasteiger charge is -1.99. The van der Waals surface area contributed by atoms with Crippen molar-refractivity contribution < 1.29 is 9.26 Å². The second-order valence-corrected chi connectivity index (χ2v) is 5.28. The van der Waals surface area contributed by atoms with Gasteiger partial charge in [0.05, 0.1) is 7.11 Å². The Kier molecular flexibility index (Phi) is 3.31. The Morgan fingerprint density at radius 1 is 1.13 bits per heavy atom. The lowest BCUT2D eigenvalue weighted by molar-refractivity contribution is 0.412. The van der Waals surface area contributed by atoms with Crippen LogP contribution in [0.2, 0.25) is 0 Å².